The number of amides is 2. The number of rotatable bonds is 4. The fourth-order valence-corrected chi connectivity index (χ4v) is 4.33. The van der Waals surface area contributed by atoms with E-state index in [9.17, 15) is 9.59 Å². The molecule has 0 unspecified atom stereocenters. The second-order valence-corrected chi connectivity index (χ2v) is 8.39. The minimum absolute atomic E-state index is 0.101. The van der Waals surface area contributed by atoms with Crippen molar-refractivity contribution in [2.45, 2.75) is 33.6 Å². The summed E-state index contributed by atoms with van der Waals surface area (Å²) in [5.74, 6) is 1.56. The van der Waals surface area contributed by atoms with Gasteiger partial charge in [0.05, 0.1) is 12.1 Å². The third kappa shape index (κ3) is 4.25. The van der Waals surface area contributed by atoms with Gasteiger partial charge in [-0.25, -0.2) is 4.98 Å². The van der Waals surface area contributed by atoms with E-state index in [0.29, 0.717) is 12.5 Å². The lowest BCUT2D eigenvalue weighted by Crippen LogP contribution is -2.34. The molecule has 3 heterocycles. The van der Waals surface area contributed by atoms with Crippen LogP contribution in [0.4, 0.5) is 5.82 Å². The van der Waals surface area contributed by atoms with Crippen LogP contribution in [-0.4, -0.2) is 46.5 Å². The molecular formula is C23H26N4O3S. The minimum atomic E-state index is -0.387. The van der Waals surface area contributed by atoms with Gasteiger partial charge in [-0.05, 0) is 68.2 Å². The number of nitrogens with zero attached hydrogens (tertiary/aromatic N) is 3. The third-order valence-corrected chi connectivity index (χ3v) is 5.98. The second kappa shape index (κ2) is 8.63. The van der Waals surface area contributed by atoms with Crippen LogP contribution in [0.25, 0.3) is 17.0 Å². The molecule has 2 aliphatic rings. The Kier molecular flexibility index (Phi) is 5.91. The first-order chi connectivity index (χ1) is 14.9. The predicted octanol–water partition coefficient (Wildman–Crippen LogP) is 3.47. The summed E-state index contributed by atoms with van der Waals surface area (Å²) in [5, 5.41) is 3.57. The summed E-state index contributed by atoms with van der Waals surface area (Å²) < 4.78 is 5.64. The standard InChI is InChI=1S/C23H26N4O3S/c1-4-30-18-5-6-19-16(12-18)11-17(21(24-19)26-9-7-14(2)8-10-26)13-20-22(29)25-23(31)27(20)15(3)28/h5-6,11-14H,4,7-10H2,1-3H3,(H,25,29,31)/b20-13+. The average molecular weight is 439 g/mol. The highest BCUT2D eigenvalue weighted by molar-refractivity contribution is 7.80. The van der Waals surface area contributed by atoms with Crippen LogP contribution in [0.2, 0.25) is 0 Å². The van der Waals surface area contributed by atoms with Crippen LogP contribution in [0.3, 0.4) is 0 Å². The Morgan fingerprint density at radius 1 is 1.32 bits per heavy atom. The Bertz CT molecular complexity index is 1090. The van der Waals surface area contributed by atoms with Gasteiger partial charge in [-0.3, -0.25) is 19.8 Å². The smallest absolute Gasteiger partial charge is 0.274 e. The molecule has 2 amide bonds. The maximum absolute atomic E-state index is 12.5. The third-order valence-electron chi connectivity index (χ3n) is 5.69. The quantitative estimate of drug-likeness (QED) is 0.582. The number of hydrogen-bond donors (Lipinski definition) is 1. The molecule has 1 aromatic heterocycles. The molecular weight excluding hydrogens is 412 g/mol. The van der Waals surface area contributed by atoms with Gasteiger partial charge in [0.2, 0.25) is 5.91 Å². The molecule has 162 valence electrons. The molecule has 4 rings (SSSR count). The number of fused-ring (bicyclic) bond motifs is 1. The van der Waals surface area contributed by atoms with E-state index in [1.807, 2.05) is 31.2 Å². The highest BCUT2D eigenvalue weighted by Gasteiger charge is 2.33. The Morgan fingerprint density at radius 2 is 2.06 bits per heavy atom. The molecule has 0 saturated carbocycles. The Hall–Kier alpha value is -3.00. The zero-order chi connectivity index (χ0) is 22.1. The molecule has 2 fully saturated rings. The van der Waals surface area contributed by atoms with Crippen molar-refractivity contribution in [3.05, 3.63) is 35.5 Å². The average Bonchev–Trinajstić information content (AvgIpc) is 3.01. The van der Waals surface area contributed by atoms with Gasteiger partial charge in [-0.1, -0.05) is 6.92 Å². The number of hydrogen-bond acceptors (Lipinski definition) is 6. The summed E-state index contributed by atoms with van der Waals surface area (Å²) >= 11 is 5.17. The molecule has 1 N–H and O–H groups in total. The summed E-state index contributed by atoms with van der Waals surface area (Å²) in [7, 11) is 0. The molecule has 0 radical (unpaired) electrons. The lowest BCUT2D eigenvalue weighted by atomic mass is 9.98. The van der Waals surface area contributed by atoms with Crippen molar-refractivity contribution in [1.29, 1.82) is 0 Å². The monoisotopic (exact) mass is 438 g/mol. The number of carbonyl (C=O) groups is 2. The van der Waals surface area contributed by atoms with Crippen LogP contribution >= 0.6 is 12.2 Å². The summed E-state index contributed by atoms with van der Waals surface area (Å²) in [5.41, 5.74) is 1.84. The number of thiocarbonyl (C=S) groups is 1. The summed E-state index contributed by atoms with van der Waals surface area (Å²) in [6.45, 7) is 7.96. The number of benzene rings is 1. The van der Waals surface area contributed by atoms with E-state index in [4.69, 9.17) is 21.9 Å². The Balaban J connectivity index is 1.85. The van der Waals surface area contributed by atoms with Crippen LogP contribution in [0.5, 0.6) is 5.75 Å². The number of anilines is 1. The predicted molar refractivity (Wildman–Crippen MR) is 125 cm³/mol. The molecule has 1 aromatic carbocycles. The van der Waals surface area contributed by atoms with Crippen LogP contribution in [0, 0.1) is 5.92 Å². The first kappa shape index (κ1) is 21.2. The summed E-state index contributed by atoms with van der Waals surface area (Å²) in [6.07, 6.45) is 3.88. The molecule has 2 saturated heterocycles. The molecule has 2 aliphatic heterocycles. The van der Waals surface area contributed by atoms with Crippen molar-refractivity contribution in [3.63, 3.8) is 0 Å². The number of pyridine rings is 1. The molecule has 0 aliphatic carbocycles. The van der Waals surface area contributed by atoms with Crippen molar-refractivity contribution in [2.75, 3.05) is 24.6 Å². The fourth-order valence-electron chi connectivity index (χ4n) is 4.02. The fraction of sp³-hybridized carbons (Fsp3) is 0.391. The molecule has 31 heavy (non-hydrogen) atoms. The molecule has 0 bridgehead atoms. The van der Waals surface area contributed by atoms with Crippen molar-refractivity contribution in [1.82, 2.24) is 15.2 Å². The molecule has 7 nitrogen and oxygen atoms in total. The van der Waals surface area contributed by atoms with Gasteiger partial charge < -0.3 is 9.64 Å². The molecule has 8 heteroatoms. The first-order valence-electron chi connectivity index (χ1n) is 10.6. The van der Waals surface area contributed by atoms with Crippen LogP contribution in [0.15, 0.2) is 30.0 Å². The van der Waals surface area contributed by atoms with Crippen LogP contribution < -0.4 is 15.0 Å². The summed E-state index contributed by atoms with van der Waals surface area (Å²) in [6, 6.07) is 7.81. The lowest BCUT2D eigenvalue weighted by molar-refractivity contribution is -0.125. The van der Waals surface area contributed by atoms with Crippen molar-refractivity contribution < 1.29 is 14.3 Å². The van der Waals surface area contributed by atoms with E-state index in [-0.39, 0.29) is 22.6 Å². The number of ether oxygens (including phenoxy) is 1. The van der Waals surface area contributed by atoms with E-state index in [0.717, 1.165) is 54.0 Å². The van der Waals surface area contributed by atoms with Gasteiger partial charge in [0.15, 0.2) is 5.11 Å². The lowest BCUT2D eigenvalue weighted by Gasteiger charge is -2.32. The Morgan fingerprint density at radius 3 is 2.74 bits per heavy atom. The van der Waals surface area contributed by atoms with Gasteiger partial charge >= 0.3 is 0 Å². The zero-order valence-electron chi connectivity index (χ0n) is 18.0. The van der Waals surface area contributed by atoms with Gasteiger partial charge in [0.25, 0.3) is 5.91 Å². The maximum Gasteiger partial charge on any atom is 0.274 e. The van der Waals surface area contributed by atoms with E-state index >= 15 is 0 Å². The van der Waals surface area contributed by atoms with E-state index in [2.05, 4.69) is 17.1 Å². The number of carbonyl (C=O) groups excluding carboxylic acids is 2. The number of nitrogens with one attached hydrogen (secondary N) is 1. The molecule has 0 atom stereocenters. The largest absolute Gasteiger partial charge is 0.494 e. The topological polar surface area (TPSA) is 74.8 Å². The van der Waals surface area contributed by atoms with Crippen molar-refractivity contribution >= 4 is 51.9 Å². The SMILES string of the molecule is CCOc1ccc2nc(N3CCC(C)CC3)c(/C=C3\C(=O)NC(=S)N3C(C)=O)cc2c1. The van der Waals surface area contributed by atoms with Crippen molar-refractivity contribution in [3.8, 4) is 5.75 Å². The van der Waals surface area contributed by atoms with E-state index < -0.39 is 0 Å². The first-order valence-corrected chi connectivity index (χ1v) is 11.0. The van der Waals surface area contributed by atoms with Gasteiger partial charge in [0, 0.05) is 31.0 Å². The zero-order valence-corrected chi connectivity index (χ0v) is 18.8. The van der Waals surface area contributed by atoms with E-state index in [1.165, 1.54) is 11.8 Å². The normalized spacial score (nSPS) is 18.7. The molecule has 2 aromatic rings. The minimum Gasteiger partial charge on any atom is -0.494 e. The van der Waals surface area contributed by atoms with Gasteiger partial charge in [0.1, 0.15) is 17.3 Å². The highest BCUT2D eigenvalue weighted by Crippen LogP contribution is 2.31. The summed E-state index contributed by atoms with van der Waals surface area (Å²) in [4.78, 5) is 33.1. The van der Waals surface area contributed by atoms with Crippen molar-refractivity contribution in [2.24, 2.45) is 5.92 Å². The maximum atomic E-state index is 12.5. The van der Waals surface area contributed by atoms with Gasteiger partial charge in [-0.15, -0.1) is 0 Å². The molecule has 0 spiro atoms. The van der Waals surface area contributed by atoms with E-state index in [1.54, 1.807) is 6.08 Å². The van der Waals surface area contributed by atoms with Crippen LogP contribution in [0.1, 0.15) is 39.2 Å². The van der Waals surface area contributed by atoms with Crippen LogP contribution in [-0.2, 0) is 9.59 Å². The van der Waals surface area contributed by atoms with Gasteiger partial charge in [-0.2, -0.15) is 0 Å². The number of piperidine rings is 1. The Labute approximate surface area is 187 Å². The second-order valence-electron chi connectivity index (χ2n) is 8.00. The number of aromatic nitrogens is 1. The highest BCUT2D eigenvalue weighted by atomic mass is 32.1.